The van der Waals surface area contributed by atoms with Crippen LogP contribution in [-0.4, -0.2) is 33.8 Å². The Labute approximate surface area is 155 Å². The maximum Gasteiger partial charge on any atom is 0.273 e. The molecule has 136 valence electrons. The number of nitrogen functional groups attached to an aromatic ring is 1. The van der Waals surface area contributed by atoms with Crippen molar-refractivity contribution in [2.24, 2.45) is 0 Å². The number of anilines is 1. The molecule has 0 aliphatic heterocycles. The molecule has 3 rings (SSSR count). The molecular weight excluding hydrogens is 344 g/mol. The van der Waals surface area contributed by atoms with Crippen LogP contribution in [0.1, 0.15) is 26.4 Å². The zero-order valence-corrected chi connectivity index (χ0v) is 14.6. The van der Waals surface area contributed by atoms with Crippen LogP contribution in [0.3, 0.4) is 0 Å². The molecule has 2 aromatic heterocycles. The molecule has 0 saturated carbocycles. The smallest absolute Gasteiger partial charge is 0.273 e. The second-order valence-corrected chi connectivity index (χ2v) is 5.69. The van der Waals surface area contributed by atoms with Gasteiger partial charge in [0.25, 0.3) is 11.8 Å². The number of nitrogens with zero attached hydrogens (tertiary/aromatic N) is 3. The number of carbonyl (C=O) groups is 2. The standard InChI is InChI=1S/C19H18N6O2/c1-21-19(27)16-17(20)23-11-15(25-16)13-5-2-6-14(8-13)18(26)24-10-12-4-3-7-22-9-12/h2-9,11H,10H2,1H3,(H2,20,23)(H,21,27)(H,24,26). The number of nitrogens with one attached hydrogen (secondary N) is 2. The van der Waals surface area contributed by atoms with Gasteiger partial charge in [-0.15, -0.1) is 0 Å². The largest absolute Gasteiger partial charge is 0.382 e. The molecule has 0 atom stereocenters. The Hall–Kier alpha value is -3.81. The summed E-state index contributed by atoms with van der Waals surface area (Å²) in [5.74, 6) is -0.605. The number of carbonyl (C=O) groups excluding carboxylic acids is 2. The van der Waals surface area contributed by atoms with E-state index in [-0.39, 0.29) is 17.4 Å². The van der Waals surface area contributed by atoms with E-state index < -0.39 is 5.91 Å². The number of benzene rings is 1. The van der Waals surface area contributed by atoms with E-state index in [0.29, 0.717) is 23.4 Å². The lowest BCUT2D eigenvalue weighted by atomic mass is 10.1. The topological polar surface area (TPSA) is 123 Å². The fourth-order valence-corrected chi connectivity index (χ4v) is 2.43. The van der Waals surface area contributed by atoms with Gasteiger partial charge in [0, 0.05) is 37.1 Å². The molecule has 0 bridgehead atoms. The van der Waals surface area contributed by atoms with Crippen LogP contribution >= 0.6 is 0 Å². The molecule has 0 aliphatic rings. The van der Waals surface area contributed by atoms with E-state index in [1.165, 1.54) is 13.2 Å². The van der Waals surface area contributed by atoms with Crippen molar-refractivity contribution in [3.05, 3.63) is 71.8 Å². The average molecular weight is 362 g/mol. The van der Waals surface area contributed by atoms with Crippen LogP contribution in [0.15, 0.2) is 55.0 Å². The van der Waals surface area contributed by atoms with Crippen LogP contribution in [-0.2, 0) is 6.54 Å². The Morgan fingerprint density at radius 1 is 1.11 bits per heavy atom. The number of pyridine rings is 1. The summed E-state index contributed by atoms with van der Waals surface area (Å²) in [5, 5.41) is 5.31. The van der Waals surface area contributed by atoms with Crippen LogP contribution < -0.4 is 16.4 Å². The summed E-state index contributed by atoms with van der Waals surface area (Å²) >= 11 is 0. The first kappa shape index (κ1) is 18.0. The summed E-state index contributed by atoms with van der Waals surface area (Å²) in [4.78, 5) is 36.6. The molecule has 8 nitrogen and oxygen atoms in total. The number of aromatic nitrogens is 3. The van der Waals surface area contributed by atoms with Crippen molar-refractivity contribution in [2.75, 3.05) is 12.8 Å². The molecule has 4 N–H and O–H groups in total. The first-order valence-corrected chi connectivity index (χ1v) is 8.20. The molecule has 0 fully saturated rings. The average Bonchev–Trinajstić information content (AvgIpc) is 2.72. The summed E-state index contributed by atoms with van der Waals surface area (Å²) in [6.07, 6.45) is 4.84. The van der Waals surface area contributed by atoms with Crippen LogP contribution in [0.25, 0.3) is 11.3 Å². The monoisotopic (exact) mass is 362 g/mol. The first-order chi connectivity index (χ1) is 13.1. The van der Waals surface area contributed by atoms with Crippen molar-refractivity contribution >= 4 is 17.6 Å². The molecule has 3 aromatic rings. The van der Waals surface area contributed by atoms with Gasteiger partial charge in [-0.2, -0.15) is 0 Å². The van der Waals surface area contributed by atoms with Gasteiger partial charge in [0.15, 0.2) is 11.5 Å². The van der Waals surface area contributed by atoms with Crippen LogP contribution in [0.2, 0.25) is 0 Å². The van der Waals surface area contributed by atoms with Gasteiger partial charge < -0.3 is 16.4 Å². The fraction of sp³-hybridized carbons (Fsp3) is 0.105. The SMILES string of the molecule is CNC(=O)c1nc(-c2cccc(C(=O)NCc3cccnc3)c2)cnc1N. The molecule has 1 aromatic carbocycles. The van der Waals surface area contributed by atoms with E-state index in [1.54, 1.807) is 36.7 Å². The molecule has 27 heavy (non-hydrogen) atoms. The van der Waals surface area contributed by atoms with Crippen molar-refractivity contribution in [1.82, 2.24) is 25.6 Å². The molecule has 0 saturated heterocycles. The Morgan fingerprint density at radius 2 is 1.96 bits per heavy atom. The highest BCUT2D eigenvalue weighted by Crippen LogP contribution is 2.20. The molecule has 0 unspecified atom stereocenters. The van der Waals surface area contributed by atoms with Gasteiger partial charge in [0.05, 0.1) is 11.9 Å². The van der Waals surface area contributed by atoms with Gasteiger partial charge in [-0.3, -0.25) is 14.6 Å². The second-order valence-electron chi connectivity index (χ2n) is 5.69. The minimum Gasteiger partial charge on any atom is -0.382 e. The van der Waals surface area contributed by atoms with Crippen molar-refractivity contribution in [2.45, 2.75) is 6.54 Å². The van der Waals surface area contributed by atoms with Crippen LogP contribution in [0.5, 0.6) is 0 Å². The quantitative estimate of drug-likeness (QED) is 0.631. The number of rotatable bonds is 5. The predicted molar refractivity (Wildman–Crippen MR) is 101 cm³/mol. The Bertz CT molecular complexity index is 975. The third-order valence-corrected chi connectivity index (χ3v) is 3.84. The maximum absolute atomic E-state index is 12.4. The minimum atomic E-state index is -0.424. The lowest BCUT2D eigenvalue weighted by molar-refractivity contribution is 0.0945. The molecule has 2 amide bonds. The van der Waals surface area contributed by atoms with Crippen molar-refractivity contribution in [1.29, 1.82) is 0 Å². The summed E-state index contributed by atoms with van der Waals surface area (Å²) in [6, 6.07) is 10.6. The summed E-state index contributed by atoms with van der Waals surface area (Å²) in [7, 11) is 1.49. The van der Waals surface area contributed by atoms with Gasteiger partial charge in [-0.05, 0) is 23.8 Å². The lowest BCUT2D eigenvalue weighted by Crippen LogP contribution is -2.23. The van der Waals surface area contributed by atoms with Gasteiger partial charge in [0.1, 0.15) is 0 Å². The third kappa shape index (κ3) is 4.24. The Balaban J connectivity index is 1.81. The fourth-order valence-electron chi connectivity index (χ4n) is 2.43. The van der Waals surface area contributed by atoms with E-state index in [2.05, 4.69) is 25.6 Å². The molecule has 0 spiro atoms. The van der Waals surface area contributed by atoms with Crippen LogP contribution in [0, 0.1) is 0 Å². The number of hydrogen-bond donors (Lipinski definition) is 3. The van der Waals surface area contributed by atoms with Gasteiger partial charge in [-0.1, -0.05) is 18.2 Å². The number of amides is 2. The van der Waals surface area contributed by atoms with Gasteiger partial charge in [-0.25, -0.2) is 9.97 Å². The molecule has 0 aliphatic carbocycles. The highest BCUT2D eigenvalue weighted by Gasteiger charge is 2.14. The maximum atomic E-state index is 12.4. The second kappa shape index (κ2) is 8.05. The van der Waals surface area contributed by atoms with Gasteiger partial charge in [0.2, 0.25) is 0 Å². The summed E-state index contributed by atoms with van der Waals surface area (Å²) < 4.78 is 0. The van der Waals surface area contributed by atoms with Gasteiger partial charge >= 0.3 is 0 Å². The van der Waals surface area contributed by atoms with E-state index in [4.69, 9.17) is 5.73 Å². The highest BCUT2D eigenvalue weighted by molar-refractivity contribution is 5.97. The Kier molecular flexibility index (Phi) is 5.36. The summed E-state index contributed by atoms with van der Waals surface area (Å²) in [6.45, 7) is 0.374. The highest BCUT2D eigenvalue weighted by atomic mass is 16.2. The third-order valence-electron chi connectivity index (χ3n) is 3.84. The number of hydrogen-bond acceptors (Lipinski definition) is 6. The van der Waals surface area contributed by atoms with Crippen molar-refractivity contribution in [3.8, 4) is 11.3 Å². The molecule has 0 radical (unpaired) electrons. The molecule has 8 heteroatoms. The van der Waals surface area contributed by atoms with Crippen molar-refractivity contribution in [3.63, 3.8) is 0 Å². The van der Waals surface area contributed by atoms with Crippen molar-refractivity contribution < 1.29 is 9.59 Å². The zero-order chi connectivity index (χ0) is 19.2. The minimum absolute atomic E-state index is 0.0430. The predicted octanol–water partition coefficient (Wildman–Crippen LogP) is 1.41. The Morgan fingerprint density at radius 3 is 2.70 bits per heavy atom. The summed E-state index contributed by atoms with van der Waals surface area (Å²) in [5.41, 5.74) is 8.23. The lowest BCUT2D eigenvalue weighted by Gasteiger charge is -2.08. The van der Waals surface area contributed by atoms with Crippen LogP contribution in [0.4, 0.5) is 5.82 Å². The van der Waals surface area contributed by atoms with E-state index in [9.17, 15) is 9.59 Å². The van der Waals surface area contributed by atoms with E-state index in [0.717, 1.165) is 5.56 Å². The van der Waals surface area contributed by atoms with E-state index in [1.807, 2.05) is 12.1 Å². The number of nitrogens with two attached hydrogens (primary N) is 1. The zero-order valence-electron chi connectivity index (χ0n) is 14.6. The first-order valence-electron chi connectivity index (χ1n) is 8.20. The van der Waals surface area contributed by atoms with E-state index >= 15 is 0 Å². The molecular formula is C19H18N6O2. The molecule has 2 heterocycles. The normalized spacial score (nSPS) is 10.3.